The fourth-order valence-corrected chi connectivity index (χ4v) is 2.41. The summed E-state index contributed by atoms with van der Waals surface area (Å²) in [6, 6.07) is 7.19. The van der Waals surface area contributed by atoms with Gasteiger partial charge in [0.1, 0.15) is 17.4 Å². The number of unbranched alkanes of at least 4 members (excludes halogenated alkanes) is 1. The number of nitriles is 1. The van der Waals surface area contributed by atoms with Crippen molar-refractivity contribution in [2.75, 3.05) is 11.9 Å². The molecule has 0 aromatic heterocycles. The normalized spacial score (nSPS) is 13.2. The molecule has 1 N–H and O–H groups in total. The molecule has 0 unspecified atom stereocenters. The Morgan fingerprint density at radius 1 is 1.38 bits per heavy atom. The van der Waals surface area contributed by atoms with Crippen LogP contribution >= 0.6 is 0 Å². The smallest absolute Gasteiger partial charge is 0.256 e. The van der Waals surface area contributed by atoms with Gasteiger partial charge in [-0.2, -0.15) is 5.26 Å². The van der Waals surface area contributed by atoms with E-state index in [0.717, 1.165) is 12.8 Å². The Bertz CT molecular complexity index is 593. The van der Waals surface area contributed by atoms with Crippen LogP contribution in [0.25, 0.3) is 0 Å². The Morgan fingerprint density at radius 2 is 2.08 bits per heavy atom. The zero-order chi connectivity index (χ0) is 18.2. The van der Waals surface area contributed by atoms with Crippen LogP contribution < -0.4 is 10.1 Å². The number of carbonyl (C=O) groups is 1. The minimum Gasteiger partial charge on any atom is -0.491 e. The van der Waals surface area contributed by atoms with Crippen LogP contribution in [-0.4, -0.2) is 24.2 Å². The Hall–Kier alpha value is -2.06. The van der Waals surface area contributed by atoms with E-state index in [-0.39, 0.29) is 12.0 Å². The quantitative estimate of drug-likeness (QED) is 0.733. The third-order valence-electron chi connectivity index (χ3n) is 3.68. The summed E-state index contributed by atoms with van der Waals surface area (Å²) in [5, 5.41) is 12.2. The number of amides is 1. The molecular weight excluding hydrogens is 304 g/mol. The van der Waals surface area contributed by atoms with Crippen LogP contribution in [0.15, 0.2) is 18.2 Å². The van der Waals surface area contributed by atoms with Gasteiger partial charge in [0.05, 0.1) is 17.4 Å². The monoisotopic (exact) mass is 332 g/mol. The first-order valence-corrected chi connectivity index (χ1v) is 8.52. The standard InChI is InChI=1S/C19H28N2O3/c1-6-8-11-19(5,23-7-2)18(22)21-17-10-9-16(24-14(3)4)12-15(17)13-20/h9-10,12,14H,6-8,11H2,1-5H3,(H,21,22)/t19-/m0/s1. The third-order valence-corrected chi connectivity index (χ3v) is 3.68. The van der Waals surface area contributed by atoms with Crippen molar-refractivity contribution in [1.82, 2.24) is 0 Å². The predicted octanol–water partition coefficient (Wildman–Crippen LogP) is 4.27. The van der Waals surface area contributed by atoms with Gasteiger partial charge in [-0.1, -0.05) is 19.8 Å². The summed E-state index contributed by atoms with van der Waals surface area (Å²) in [6.07, 6.45) is 2.54. The molecule has 1 atom stereocenters. The van der Waals surface area contributed by atoms with Crippen molar-refractivity contribution < 1.29 is 14.3 Å². The highest BCUT2D eigenvalue weighted by Gasteiger charge is 2.33. The largest absolute Gasteiger partial charge is 0.491 e. The summed E-state index contributed by atoms with van der Waals surface area (Å²) in [4.78, 5) is 12.7. The van der Waals surface area contributed by atoms with Gasteiger partial charge in [0, 0.05) is 12.7 Å². The molecule has 0 aliphatic heterocycles. The van der Waals surface area contributed by atoms with Gasteiger partial charge in [-0.3, -0.25) is 4.79 Å². The van der Waals surface area contributed by atoms with Crippen LogP contribution in [-0.2, 0) is 9.53 Å². The van der Waals surface area contributed by atoms with Crippen LogP contribution in [0.1, 0.15) is 59.4 Å². The van der Waals surface area contributed by atoms with Gasteiger partial charge in [0.2, 0.25) is 0 Å². The molecular formula is C19H28N2O3. The molecule has 24 heavy (non-hydrogen) atoms. The van der Waals surface area contributed by atoms with E-state index in [1.54, 1.807) is 25.1 Å². The van der Waals surface area contributed by atoms with Crippen molar-refractivity contribution in [2.45, 2.75) is 65.6 Å². The number of nitrogens with zero attached hydrogens (tertiary/aromatic N) is 1. The number of ether oxygens (including phenoxy) is 2. The molecule has 0 fully saturated rings. The van der Waals surface area contributed by atoms with Crippen molar-refractivity contribution in [3.8, 4) is 11.8 Å². The van der Waals surface area contributed by atoms with Crippen molar-refractivity contribution in [3.05, 3.63) is 23.8 Å². The van der Waals surface area contributed by atoms with Crippen molar-refractivity contribution >= 4 is 11.6 Å². The van der Waals surface area contributed by atoms with Crippen molar-refractivity contribution in [3.63, 3.8) is 0 Å². The highest BCUT2D eigenvalue weighted by Crippen LogP contribution is 2.26. The molecule has 5 nitrogen and oxygen atoms in total. The lowest BCUT2D eigenvalue weighted by molar-refractivity contribution is -0.139. The zero-order valence-electron chi connectivity index (χ0n) is 15.3. The lowest BCUT2D eigenvalue weighted by Gasteiger charge is -2.28. The predicted molar refractivity (Wildman–Crippen MR) is 95.1 cm³/mol. The second kappa shape index (κ2) is 9.29. The average Bonchev–Trinajstić information content (AvgIpc) is 2.54. The maximum absolute atomic E-state index is 12.7. The van der Waals surface area contributed by atoms with Crippen molar-refractivity contribution in [2.24, 2.45) is 0 Å². The Balaban J connectivity index is 2.97. The van der Waals surface area contributed by atoms with Crippen LogP contribution in [0.3, 0.4) is 0 Å². The Labute approximate surface area is 145 Å². The summed E-state index contributed by atoms with van der Waals surface area (Å²) in [5.74, 6) is 0.380. The number of hydrogen-bond donors (Lipinski definition) is 1. The minimum absolute atomic E-state index is 0.0206. The topological polar surface area (TPSA) is 71.3 Å². The molecule has 1 aromatic rings. The molecule has 0 radical (unpaired) electrons. The first-order valence-electron chi connectivity index (χ1n) is 8.52. The molecule has 5 heteroatoms. The Kier molecular flexibility index (Phi) is 7.73. The second-order valence-electron chi connectivity index (χ2n) is 6.21. The Morgan fingerprint density at radius 3 is 2.62 bits per heavy atom. The number of rotatable bonds is 9. The van der Waals surface area contributed by atoms with E-state index in [0.29, 0.717) is 30.0 Å². The fraction of sp³-hybridized carbons (Fsp3) is 0.579. The zero-order valence-corrected chi connectivity index (χ0v) is 15.3. The molecule has 1 amide bonds. The molecule has 0 bridgehead atoms. The molecule has 0 aliphatic rings. The van der Waals surface area contributed by atoms with Crippen LogP contribution in [0.5, 0.6) is 5.75 Å². The fourth-order valence-electron chi connectivity index (χ4n) is 2.41. The molecule has 0 saturated carbocycles. The van der Waals surface area contributed by atoms with Crippen LogP contribution in [0.2, 0.25) is 0 Å². The molecule has 1 aromatic carbocycles. The van der Waals surface area contributed by atoms with Gasteiger partial charge in [0.15, 0.2) is 0 Å². The summed E-state index contributed by atoms with van der Waals surface area (Å²) in [7, 11) is 0. The number of hydrogen-bond acceptors (Lipinski definition) is 4. The number of benzene rings is 1. The van der Waals surface area contributed by atoms with E-state index in [2.05, 4.69) is 18.3 Å². The van der Waals surface area contributed by atoms with Crippen LogP contribution in [0.4, 0.5) is 5.69 Å². The molecule has 0 heterocycles. The van der Waals surface area contributed by atoms with Gasteiger partial charge >= 0.3 is 0 Å². The van der Waals surface area contributed by atoms with E-state index >= 15 is 0 Å². The van der Waals surface area contributed by atoms with Gasteiger partial charge in [-0.25, -0.2) is 0 Å². The van der Waals surface area contributed by atoms with Gasteiger partial charge in [0.25, 0.3) is 5.91 Å². The van der Waals surface area contributed by atoms with Gasteiger partial charge in [-0.05, 0) is 46.2 Å². The molecule has 0 spiro atoms. The minimum atomic E-state index is -0.898. The second-order valence-corrected chi connectivity index (χ2v) is 6.21. The van der Waals surface area contributed by atoms with E-state index in [4.69, 9.17) is 9.47 Å². The van der Waals surface area contributed by atoms with E-state index < -0.39 is 5.60 Å². The lowest BCUT2D eigenvalue weighted by atomic mass is 9.97. The lowest BCUT2D eigenvalue weighted by Crippen LogP contribution is -2.43. The maximum Gasteiger partial charge on any atom is 0.256 e. The van der Waals surface area contributed by atoms with Crippen LogP contribution in [0, 0.1) is 11.3 Å². The van der Waals surface area contributed by atoms with E-state index in [1.165, 1.54) is 0 Å². The summed E-state index contributed by atoms with van der Waals surface area (Å²) >= 11 is 0. The highest BCUT2D eigenvalue weighted by molar-refractivity contribution is 5.98. The maximum atomic E-state index is 12.7. The number of carbonyl (C=O) groups excluding carboxylic acids is 1. The average molecular weight is 332 g/mol. The molecule has 0 saturated heterocycles. The molecule has 132 valence electrons. The third kappa shape index (κ3) is 5.54. The summed E-state index contributed by atoms with van der Waals surface area (Å²) in [6.45, 7) is 10.0. The van der Waals surface area contributed by atoms with Gasteiger partial charge < -0.3 is 14.8 Å². The SMILES string of the molecule is CCCC[C@](C)(OCC)C(=O)Nc1ccc(OC(C)C)cc1C#N. The first kappa shape index (κ1) is 20.0. The molecule has 1 rings (SSSR count). The molecule has 0 aliphatic carbocycles. The van der Waals surface area contributed by atoms with Gasteiger partial charge in [-0.15, -0.1) is 0 Å². The van der Waals surface area contributed by atoms with E-state index in [9.17, 15) is 10.1 Å². The number of nitrogens with one attached hydrogen (secondary N) is 1. The summed E-state index contributed by atoms with van der Waals surface area (Å²) in [5.41, 5.74) is -0.0539. The van der Waals surface area contributed by atoms with Crippen molar-refractivity contribution in [1.29, 1.82) is 5.26 Å². The summed E-state index contributed by atoms with van der Waals surface area (Å²) < 4.78 is 11.3. The number of anilines is 1. The first-order chi connectivity index (χ1) is 11.4. The highest BCUT2D eigenvalue weighted by atomic mass is 16.5. The van der Waals surface area contributed by atoms with E-state index in [1.807, 2.05) is 20.8 Å².